The fourth-order valence-electron chi connectivity index (χ4n) is 2.74. The fourth-order valence-corrected chi connectivity index (χ4v) is 2.74. The zero-order chi connectivity index (χ0) is 15.6. The number of aryl methyl sites for hydroxylation is 1. The minimum Gasteiger partial charge on any atom is -0.397 e. The summed E-state index contributed by atoms with van der Waals surface area (Å²) >= 11 is 0. The number of nitrogens with two attached hydrogens (primary N) is 1. The minimum absolute atomic E-state index is 0.111. The first-order chi connectivity index (χ1) is 9.77. The summed E-state index contributed by atoms with van der Waals surface area (Å²) in [5.74, 6) is -2.36. The Morgan fingerprint density at radius 2 is 2.05 bits per heavy atom. The van der Waals surface area contributed by atoms with Gasteiger partial charge in [-0.3, -0.25) is 4.79 Å². The summed E-state index contributed by atoms with van der Waals surface area (Å²) in [6.07, 6.45) is -3.34. The van der Waals surface area contributed by atoms with Gasteiger partial charge in [0.25, 0.3) is 0 Å². The lowest BCUT2D eigenvalue weighted by Crippen LogP contribution is -2.34. The van der Waals surface area contributed by atoms with Crippen LogP contribution in [0.25, 0.3) is 0 Å². The Hall–Kier alpha value is -1.72. The van der Waals surface area contributed by atoms with Crippen molar-refractivity contribution in [2.75, 3.05) is 11.1 Å². The molecule has 0 aliphatic heterocycles. The summed E-state index contributed by atoms with van der Waals surface area (Å²) in [6.45, 7) is 1.86. The van der Waals surface area contributed by atoms with Gasteiger partial charge >= 0.3 is 6.18 Å². The topological polar surface area (TPSA) is 55.1 Å². The van der Waals surface area contributed by atoms with Gasteiger partial charge in [0.2, 0.25) is 5.91 Å². The molecule has 3 nitrogen and oxygen atoms in total. The van der Waals surface area contributed by atoms with Crippen molar-refractivity contribution >= 4 is 17.3 Å². The van der Waals surface area contributed by atoms with Crippen LogP contribution in [0.15, 0.2) is 18.2 Å². The molecule has 1 amide bonds. The van der Waals surface area contributed by atoms with Gasteiger partial charge in [0.05, 0.1) is 17.3 Å². The molecule has 1 fully saturated rings. The smallest absolute Gasteiger partial charge is 0.391 e. The van der Waals surface area contributed by atoms with Crippen LogP contribution in [0.2, 0.25) is 0 Å². The Labute approximate surface area is 121 Å². The molecule has 1 saturated carbocycles. The van der Waals surface area contributed by atoms with Crippen LogP contribution in [0.1, 0.15) is 31.2 Å². The van der Waals surface area contributed by atoms with Crippen LogP contribution in [0.5, 0.6) is 0 Å². The lowest BCUT2D eigenvalue weighted by Gasteiger charge is -2.29. The molecule has 1 aromatic carbocycles. The number of benzene rings is 1. The highest BCUT2D eigenvalue weighted by Gasteiger charge is 2.43. The second-order valence-corrected chi connectivity index (χ2v) is 5.68. The van der Waals surface area contributed by atoms with Gasteiger partial charge in [0.15, 0.2) is 0 Å². The van der Waals surface area contributed by atoms with E-state index in [0.717, 1.165) is 5.56 Å². The summed E-state index contributed by atoms with van der Waals surface area (Å²) in [5.41, 5.74) is 7.58. The third-order valence-electron chi connectivity index (χ3n) is 3.97. The molecule has 116 valence electrons. The van der Waals surface area contributed by atoms with Gasteiger partial charge < -0.3 is 11.1 Å². The maximum Gasteiger partial charge on any atom is 0.391 e. The molecule has 0 spiro atoms. The molecule has 2 atom stereocenters. The Balaban J connectivity index is 2.04. The van der Waals surface area contributed by atoms with Crippen LogP contribution >= 0.6 is 0 Å². The van der Waals surface area contributed by atoms with E-state index in [1.807, 2.05) is 13.0 Å². The zero-order valence-corrected chi connectivity index (χ0v) is 11.8. The maximum atomic E-state index is 12.8. The number of hydrogen-bond acceptors (Lipinski definition) is 2. The molecule has 2 unspecified atom stereocenters. The van der Waals surface area contributed by atoms with Crippen LogP contribution < -0.4 is 11.1 Å². The van der Waals surface area contributed by atoms with Gasteiger partial charge in [-0.05, 0) is 43.9 Å². The van der Waals surface area contributed by atoms with Crippen LogP contribution in [0, 0.1) is 18.8 Å². The number of nitrogen functional groups attached to an aromatic ring is 1. The van der Waals surface area contributed by atoms with Crippen LogP contribution in [-0.4, -0.2) is 12.1 Å². The normalized spacial score (nSPS) is 22.9. The van der Waals surface area contributed by atoms with E-state index in [4.69, 9.17) is 5.73 Å². The molecule has 3 N–H and O–H groups in total. The van der Waals surface area contributed by atoms with Crippen molar-refractivity contribution < 1.29 is 18.0 Å². The van der Waals surface area contributed by atoms with Gasteiger partial charge in [0, 0.05) is 5.92 Å². The van der Waals surface area contributed by atoms with E-state index in [0.29, 0.717) is 24.2 Å². The van der Waals surface area contributed by atoms with Gasteiger partial charge in [-0.1, -0.05) is 12.5 Å². The fraction of sp³-hybridized carbons (Fsp3) is 0.533. The lowest BCUT2D eigenvalue weighted by atomic mass is 9.80. The Morgan fingerprint density at radius 1 is 1.33 bits per heavy atom. The number of nitrogens with one attached hydrogen (secondary N) is 1. The summed E-state index contributed by atoms with van der Waals surface area (Å²) in [6, 6.07) is 5.20. The average Bonchev–Trinajstić information content (AvgIpc) is 2.42. The molecule has 0 heterocycles. The van der Waals surface area contributed by atoms with Crippen molar-refractivity contribution in [1.82, 2.24) is 0 Å². The second kappa shape index (κ2) is 5.95. The Bertz CT molecular complexity index is 528. The number of hydrogen-bond donors (Lipinski definition) is 2. The zero-order valence-electron chi connectivity index (χ0n) is 11.8. The largest absolute Gasteiger partial charge is 0.397 e. The lowest BCUT2D eigenvalue weighted by molar-refractivity contribution is -0.185. The Kier molecular flexibility index (Phi) is 4.44. The van der Waals surface area contributed by atoms with E-state index < -0.39 is 18.0 Å². The number of carbonyl (C=O) groups excluding carboxylic acids is 1. The summed E-state index contributed by atoms with van der Waals surface area (Å²) in [7, 11) is 0. The molecular weight excluding hydrogens is 281 g/mol. The van der Waals surface area contributed by atoms with E-state index in [2.05, 4.69) is 5.32 Å². The quantitative estimate of drug-likeness (QED) is 0.814. The standard InChI is InChI=1S/C15H19F3N2O/c1-9-5-6-12(19)13(7-9)20-14(21)10-3-2-4-11(8-10)15(16,17)18/h5-7,10-11H,2-4,8,19H2,1H3,(H,20,21). The van der Waals surface area contributed by atoms with Crippen molar-refractivity contribution in [1.29, 1.82) is 0 Å². The monoisotopic (exact) mass is 300 g/mol. The molecular formula is C15H19F3N2O. The summed E-state index contributed by atoms with van der Waals surface area (Å²) in [5, 5.41) is 2.66. The first-order valence-corrected chi connectivity index (χ1v) is 7.01. The molecule has 1 aliphatic carbocycles. The molecule has 1 aliphatic rings. The highest BCUT2D eigenvalue weighted by Crippen LogP contribution is 2.40. The minimum atomic E-state index is -4.22. The van der Waals surface area contributed by atoms with E-state index in [-0.39, 0.29) is 18.7 Å². The summed E-state index contributed by atoms with van der Waals surface area (Å²) in [4.78, 5) is 12.2. The number of carbonyl (C=O) groups is 1. The molecule has 21 heavy (non-hydrogen) atoms. The van der Waals surface area contributed by atoms with Crippen molar-refractivity contribution in [2.24, 2.45) is 11.8 Å². The highest BCUT2D eigenvalue weighted by molar-refractivity contribution is 5.95. The first-order valence-electron chi connectivity index (χ1n) is 7.01. The van der Waals surface area contributed by atoms with Crippen LogP contribution in [0.3, 0.4) is 0 Å². The van der Waals surface area contributed by atoms with Crippen molar-refractivity contribution in [3.63, 3.8) is 0 Å². The number of anilines is 2. The van der Waals surface area contributed by atoms with Crippen molar-refractivity contribution in [3.8, 4) is 0 Å². The van der Waals surface area contributed by atoms with Crippen molar-refractivity contribution in [3.05, 3.63) is 23.8 Å². The SMILES string of the molecule is Cc1ccc(N)c(NC(=O)C2CCCC(C(F)(F)F)C2)c1. The molecule has 1 aromatic rings. The van der Waals surface area contributed by atoms with Gasteiger partial charge in [0.1, 0.15) is 0 Å². The predicted octanol–water partition coefficient (Wildman–Crippen LogP) is 3.88. The van der Waals surface area contributed by atoms with E-state index >= 15 is 0 Å². The van der Waals surface area contributed by atoms with E-state index in [9.17, 15) is 18.0 Å². The van der Waals surface area contributed by atoms with Crippen LogP contribution in [0.4, 0.5) is 24.5 Å². The second-order valence-electron chi connectivity index (χ2n) is 5.68. The average molecular weight is 300 g/mol. The summed E-state index contributed by atoms with van der Waals surface area (Å²) < 4.78 is 38.3. The number of halogens is 3. The molecule has 6 heteroatoms. The van der Waals surface area contributed by atoms with Crippen molar-refractivity contribution in [2.45, 2.75) is 38.8 Å². The first kappa shape index (κ1) is 15.7. The van der Waals surface area contributed by atoms with E-state index in [1.54, 1.807) is 12.1 Å². The van der Waals surface area contributed by atoms with Crippen LogP contribution in [-0.2, 0) is 4.79 Å². The molecule has 2 rings (SSSR count). The van der Waals surface area contributed by atoms with E-state index in [1.165, 1.54) is 0 Å². The number of amides is 1. The third kappa shape index (κ3) is 3.89. The number of rotatable bonds is 2. The van der Waals surface area contributed by atoms with Gasteiger partial charge in [-0.2, -0.15) is 13.2 Å². The highest BCUT2D eigenvalue weighted by atomic mass is 19.4. The van der Waals surface area contributed by atoms with Gasteiger partial charge in [-0.15, -0.1) is 0 Å². The maximum absolute atomic E-state index is 12.8. The number of alkyl halides is 3. The molecule has 0 aromatic heterocycles. The Morgan fingerprint density at radius 3 is 2.71 bits per heavy atom. The predicted molar refractivity (Wildman–Crippen MR) is 75.7 cm³/mol. The molecule has 0 saturated heterocycles. The molecule has 0 radical (unpaired) electrons. The molecule has 0 bridgehead atoms. The van der Waals surface area contributed by atoms with Gasteiger partial charge in [-0.25, -0.2) is 0 Å². The third-order valence-corrected chi connectivity index (χ3v) is 3.97.